The molecule has 1 N–H and O–H groups in total. The molecule has 0 radical (unpaired) electrons. The van der Waals surface area contributed by atoms with Crippen LogP contribution >= 0.6 is 0 Å². The van der Waals surface area contributed by atoms with Crippen LogP contribution < -0.4 is 0 Å². The number of unbranched alkanes of at least 4 members (excludes halogenated alkanes) is 22. The van der Waals surface area contributed by atoms with Crippen LogP contribution in [0.25, 0.3) is 0 Å². The Hall–Kier alpha value is -0.600. The summed E-state index contributed by atoms with van der Waals surface area (Å²) in [5, 5.41) is 5.78. The van der Waals surface area contributed by atoms with Crippen molar-refractivity contribution in [2.45, 2.75) is 195 Å². The molecule has 0 spiro atoms. The smallest absolute Gasteiger partial charge is 0.0377 e. The molecule has 0 aromatic carbocycles. The highest BCUT2D eigenvalue weighted by atomic mass is 15.5. The van der Waals surface area contributed by atoms with E-state index in [1.807, 2.05) is 5.01 Å². The standard InChI is InChI=1S/C34H71N3/c1-33(2)29-25-21-17-13-9-5-7-11-15-19-23-27-31-37(36-35)32-28-24-20-16-12-8-6-10-14-18-22-26-30-34(3)4/h33-35H,5-32H2,1-4H3. The third kappa shape index (κ3) is 31.5. The molecule has 0 atom stereocenters. The SMILES string of the molecule is CC(C)CCCCCCCCCCCCCCN(CCCCCCCCCCCCCCC(C)C)N=N. The second kappa shape index (κ2) is 29.9. The second-order valence-electron chi connectivity index (χ2n) is 12.9. The third-order valence-electron chi connectivity index (χ3n) is 8.04. The molecular weight excluding hydrogens is 450 g/mol. The van der Waals surface area contributed by atoms with Crippen molar-refractivity contribution >= 4 is 0 Å². The maximum atomic E-state index is 7.48. The van der Waals surface area contributed by atoms with E-state index in [4.69, 9.17) is 5.53 Å². The minimum absolute atomic E-state index is 0.878. The van der Waals surface area contributed by atoms with Gasteiger partial charge in [0.15, 0.2) is 0 Å². The summed E-state index contributed by atoms with van der Waals surface area (Å²) in [6, 6.07) is 0. The largest absolute Gasteiger partial charge is 0.279 e. The summed E-state index contributed by atoms with van der Waals surface area (Å²) in [5.74, 6) is 1.76. The van der Waals surface area contributed by atoms with Gasteiger partial charge in [-0.15, -0.1) is 0 Å². The van der Waals surface area contributed by atoms with Crippen molar-refractivity contribution in [3.05, 3.63) is 0 Å². The summed E-state index contributed by atoms with van der Waals surface area (Å²) in [7, 11) is 0. The van der Waals surface area contributed by atoms with Gasteiger partial charge in [-0.2, -0.15) is 5.53 Å². The monoisotopic (exact) mass is 522 g/mol. The highest BCUT2D eigenvalue weighted by Gasteiger charge is 2.02. The molecule has 0 saturated heterocycles. The first-order chi connectivity index (χ1) is 18.1. The van der Waals surface area contributed by atoms with E-state index in [1.54, 1.807) is 0 Å². The summed E-state index contributed by atoms with van der Waals surface area (Å²) < 4.78 is 0. The Bertz CT molecular complexity index is 399. The third-order valence-corrected chi connectivity index (χ3v) is 8.04. The first kappa shape index (κ1) is 36.4. The maximum Gasteiger partial charge on any atom is 0.0377 e. The van der Waals surface area contributed by atoms with Gasteiger partial charge in [0.25, 0.3) is 0 Å². The van der Waals surface area contributed by atoms with Gasteiger partial charge in [-0.3, -0.25) is 5.01 Å². The number of rotatable bonds is 31. The van der Waals surface area contributed by atoms with Crippen LogP contribution in [0.4, 0.5) is 0 Å². The number of hydrogen-bond donors (Lipinski definition) is 1. The van der Waals surface area contributed by atoms with Gasteiger partial charge in [0.05, 0.1) is 0 Å². The van der Waals surface area contributed by atoms with Crippen LogP contribution in [0.5, 0.6) is 0 Å². The minimum atomic E-state index is 0.878. The van der Waals surface area contributed by atoms with Gasteiger partial charge in [-0.05, 0) is 24.7 Å². The predicted octanol–water partition coefficient (Wildman–Crippen LogP) is 12.7. The molecule has 37 heavy (non-hydrogen) atoms. The maximum absolute atomic E-state index is 7.48. The zero-order valence-corrected chi connectivity index (χ0v) is 26.3. The highest BCUT2D eigenvalue weighted by Crippen LogP contribution is 2.16. The molecule has 0 aliphatic heterocycles. The van der Waals surface area contributed by atoms with Gasteiger partial charge in [0.1, 0.15) is 0 Å². The topological polar surface area (TPSA) is 39.5 Å². The van der Waals surface area contributed by atoms with Crippen molar-refractivity contribution in [3.63, 3.8) is 0 Å². The average Bonchev–Trinajstić information content (AvgIpc) is 2.87. The van der Waals surface area contributed by atoms with E-state index in [9.17, 15) is 0 Å². The quantitative estimate of drug-likeness (QED) is 0.0549. The predicted molar refractivity (Wildman–Crippen MR) is 166 cm³/mol. The van der Waals surface area contributed by atoms with Crippen molar-refractivity contribution in [1.82, 2.24) is 5.01 Å². The molecule has 0 aliphatic rings. The molecular formula is C34H71N3. The lowest BCUT2D eigenvalue weighted by molar-refractivity contribution is 0.247. The van der Waals surface area contributed by atoms with Gasteiger partial charge < -0.3 is 0 Å². The zero-order chi connectivity index (χ0) is 27.2. The fraction of sp³-hybridized carbons (Fsp3) is 1.00. The molecule has 0 saturated carbocycles. The normalized spacial score (nSPS) is 11.6. The fourth-order valence-corrected chi connectivity index (χ4v) is 5.44. The molecule has 0 amide bonds. The van der Waals surface area contributed by atoms with Crippen molar-refractivity contribution in [2.24, 2.45) is 17.1 Å². The first-order valence-corrected chi connectivity index (χ1v) is 17.2. The van der Waals surface area contributed by atoms with Crippen LogP contribution in [0, 0.1) is 17.4 Å². The molecule has 0 bridgehead atoms. The Labute approximate surface area is 235 Å². The minimum Gasteiger partial charge on any atom is -0.279 e. The van der Waals surface area contributed by atoms with Crippen LogP contribution in [0.1, 0.15) is 195 Å². The van der Waals surface area contributed by atoms with Crippen LogP contribution in [-0.4, -0.2) is 18.1 Å². The van der Waals surface area contributed by atoms with Crippen molar-refractivity contribution in [1.29, 1.82) is 5.53 Å². The Morgan fingerprint density at radius 1 is 0.378 bits per heavy atom. The Morgan fingerprint density at radius 3 is 0.811 bits per heavy atom. The van der Waals surface area contributed by atoms with Gasteiger partial charge in [0, 0.05) is 13.1 Å². The lowest BCUT2D eigenvalue weighted by atomic mass is 10.0. The molecule has 0 aromatic rings. The van der Waals surface area contributed by atoms with Crippen molar-refractivity contribution < 1.29 is 0 Å². The molecule has 222 valence electrons. The molecule has 0 aliphatic carbocycles. The lowest BCUT2D eigenvalue weighted by Crippen LogP contribution is -2.19. The number of nitrogens with zero attached hydrogens (tertiary/aromatic N) is 2. The van der Waals surface area contributed by atoms with Gasteiger partial charge in [0.2, 0.25) is 0 Å². The zero-order valence-electron chi connectivity index (χ0n) is 26.3. The summed E-state index contributed by atoms with van der Waals surface area (Å²) in [6.45, 7) is 11.3. The molecule has 0 unspecified atom stereocenters. The molecule has 0 rings (SSSR count). The van der Waals surface area contributed by atoms with Crippen LogP contribution in [0.3, 0.4) is 0 Å². The van der Waals surface area contributed by atoms with Gasteiger partial charge >= 0.3 is 0 Å². The molecule has 3 nitrogen and oxygen atoms in total. The summed E-state index contributed by atoms with van der Waals surface area (Å²) in [5.41, 5.74) is 7.48. The molecule has 0 heterocycles. The van der Waals surface area contributed by atoms with Gasteiger partial charge in [-0.1, -0.05) is 187 Å². The summed E-state index contributed by atoms with van der Waals surface area (Å²) in [6.07, 6.45) is 36.3. The first-order valence-electron chi connectivity index (χ1n) is 17.2. The van der Waals surface area contributed by atoms with Crippen molar-refractivity contribution in [3.8, 4) is 0 Å². The highest BCUT2D eigenvalue weighted by molar-refractivity contribution is 4.55. The Morgan fingerprint density at radius 2 is 0.595 bits per heavy atom. The Kier molecular flexibility index (Phi) is 29.5. The summed E-state index contributed by atoms with van der Waals surface area (Å²) >= 11 is 0. The van der Waals surface area contributed by atoms with E-state index in [1.165, 1.54) is 167 Å². The van der Waals surface area contributed by atoms with Crippen molar-refractivity contribution in [2.75, 3.05) is 13.1 Å². The van der Waals surface area contributed by atoms with E-state index in [2.05, 4.69) is 32.9 Å². The lowest BCUT2D eigenvalue weighted by Gasteiger charge is -2.16. The van der Waals surface area contributed by atoms with E-state index >= 15 is 0 Å². The molecule has 3 heteroatoms. The van der Waals surface area contributed by atoms with Crippen LogP contribution in [0.15, 0.2) is 5.22 Å². The number of hydrogen-bond acceptors (Lipinski definition) is 2. The van der Waals surface area contributed by atoms with E-state index in [0.29, 0.717) is 0 Å². The fourth-order valence-electron chi connectivity index (χ4n) is 5.44. The number of nitrogens with one attached hydrogen (secondary N) is 1. The van der Waals surface area contributed by atoms with Crippen LogP contribution in [-0.2, 0) is 0 Å². The van der Waals surface area contributed by atoms with Gasteiger partial charge in [-0.25, -0.2) is 0 Å². The van der Waals surface area contributed by atoms with E-state index < -0.39 is 0 Å². The average molecular weight is 522 g/mol. The van der Waals surface area contributed by atoms with Crippen LogP contribution in [0.2, 0.25) is 0 Å². The Balaban J connectivity index is 3.28. The summed E-state index contributed by atoms with van der Waals surface area (Å²) in [4.78, 5) is 0. The molecule has 0 fully saturated rings. The second-order valence-corrected chi connectivity index (χ2v) is 12.9. The van der Waals surface area contributed by atoms with E-state index in [0.717, 1.165) is 24.9 Å². The molecule has 0 aromatic heterocycles. The van der Waals surface area contributed by atoms with E-state index in [-0.39, 0.29) is 0 Å².